The average molecular weight is 307 g/mol. The van der Waals surface area contributed by atoms with Crippen molar-refractivity contribution in [2.24, 2.45) is 0 Å². The second kappa shape index (κ2) is 7.49. The first-order valence-electron chi connectivity index (χ1n) is 7.88. The van der Waals surface area contributed by atoms with Crippen LogP contribution in [0, 0.1) is 0 Å². The molecule has 5 nitrogen and oxygen atoms in total. The van der Waals surface area contributed by atoms with Gasteiger partial charge in [-0.25, -0.2) is 0 Å². The number of carbonyl (C=O) groups excluding carboxylic acids is 1. The summed E-state index contributed by atoms with van der Waals surface area (Å²) in [5.41, 5.74) is 1.19. The van der Waals surface area contributed by atoms with Crippen molar-refractivity contribution >= 4 is 5.91 Å². The number of methoxy groups -OCH3 is 2. The van der Waals surface area contributed by atoms with Gasteiger partial charge in [0, 0.05) is 12.5 Å². The van der Waals surface area contributed by atoms with Crippen molar-refractivity contribution in [1.82, 2.24) is 5.32 Å². The summed E-state index contributed by atoms with van der Waals surface area (Å²) in [6.07, 6.45) is 3.15. The molecule has 0 aliphatic heterocycles. The number of benzene rings is 1. The smallest absolute Gasteiger partial charge is 0.278 e. The van der Waals surface area contributed by atoms with Gasteiger partial charge in [0.1, 0.15) is 0 Å². The van der Waals surface area contributed by atoms with Gasteiger partial charge in [0.2, 0.25) is 0 Å². The van der Waals surface area contributed by atoms with Crippen LogP contribution in [-0.4, -0.2) is 45.8 Å². The molecule has 1 aromatic rings. The maximum atomic E-state index is 12.1. The molecule has 0 bridgehead atoms. The van der Waals surface area contributed by atoms with Crippen LogP contribution in [0.25, 0.3) is 0 Å². The Morgan fingerprint density at radius 2 is 2.00 bits per heavy atom. The van der Waals surface area contributed by atoms with Gasteiger partial charge in [-0.15, -0.1) is 0 Å². The average Bonchev–Trinajstić information content (AvgIpc) is 3.35. The number of hydrogen-bond acceptors (Lipinski definition) is 3. The maximum absolute atomic E-state index is 12.1. The Morgan fingerprint density at radius 1 is 1.32 bits per heavy atom. The van der Waals surface area contributed by atoms with Crippen molar-refractivity contribution in [2.45, 2.75) is 38.3 Å². The Kier molecular flexibility index (Phi) is 5.66. The molecule has 1 fully saturated rings. The highest BCUT2D eigenvalue weighted by Crippen LogP contribution is 2.27. The van der Waals surface area contributed by atoms with Crippen LogP contribution in [-0.2, 0) is 11.2 Å². The van der Waals surface area contributed by atoms with Gasteiger partial charge >= 0.3 is 0 Å². The van der Waals surface area contributed by atoms with Crippen LogP contribution >= 0.6 is 0 Å². The number of carbonyl (C=O) groups is 1. The molecule has 1 unspecified atom stereocenters. The molecule has 2 N–H and O–H groups in total. The lowest BCUT2D eigenvalue weighted by atomic mass is 10.1. The van der Waals surface area contributed by atoms with Crippen molar-refractivity contribution in [1.29, 1.82) is 0 Å². The van der Waals surface area contributed by atoms with Gasteiger partial charge in [0.15, 0.2) is 17.5 Å². The minimum Gasteiger partial charge on any atom is -0.493 e. The first kappa shape index (κ1) is 16.6. The molecule has 5 heteroatoms. The predicted molar refractivity (Wildman–Crippen MR) is 85.6 cm³/mol. The summed E-state index contributed by atoms with van der Waals surface area (Å²) >= 11 is 0. The van der Waals surface area contributed by atoms with Gasteiger partial charge in [0.25, 0.3) is 5.91 Å². The summed E-state index contributed by atoms with van der Waals surface area (Å²) in [5, 5.41) is 3.07. The van der Waals surface area contributed by atoms with E-state index in [1.54, 1.807) is 14.2 Å². The topological polar surface area (TPSA) is 52.0 Å². The number of likely N-dealkylation sites (N-methyl/N-ethyl adjacent to an activating group) is 1. The third kappa shape index (κ3) is 4.37. The molecule has 0 spiro atoms. The molecule has 1 amide bonds. The van der Waals surface area contributed by atoms with Gasteiger partial charge in [-0.1, -0.05) is 6.07 Å². The third-order valence-corrected chi connectivity index (χ3v) is 4.31. The zero-order chi connectivity index (χ0) is 16.1. The summed E-state index contributed by atoms with van der Waals surface area (Å²) in [6.45, 7) is 2.89. The van der Waals surface area contributed by atoms with E-state index >= 15 is 0 Å². The molecule has 122 valence electrons. The fourth-order valence-electron chi connectivity index (χ4n) is 2.37. The van der Waals surface area contributed by atoms with Gasteiger partial charge in [-0.2, -0.15) is 0 Å². The Labute approximate surface area is 132 Å². The molecular formula is C17H27N2O3+. The van der Waals surface area contributed by atoms with E-state index < -0.39 is 0 Å². The Morgan fingerprint density at radius 3 is 2.59 bits per heavy atom. The van der Waals surface area contributed by atoms with E-state index in [0.29, 0.717) is 6.04 Å². The first-order chi connectivity index (χ1) is 10.5. The van der Waals surface area contributed by atoms with E-state index in [1.165, 1.54) is 10.5 Å². The number of ether oxygens (including phenoxy) is 2. The normalized spacial score (nSPS) is 16.7. The number of rotatable bonds is 8. The van der Waals surface area contributed by atoms with Crippen molar-refractivity contribution in [3.8, 4) is 11.5 Å². The predicted octanol–water partition coefficient (Wildman–Crippen LogP) is 0.428. The number of amides is 1. The summed E-state index contributed by atoms with van der Waals surface area (Å²) in [5.74, 6) is 1.65. The molecule has 1 aromatic carbocycles. The van der Waals surface area contributed by atoms with Crippen LogP contribution in [0.1, 0.15) is 25.3 Å². The summed E-state index contributed by atoms with van der Waals surface area (Å²) < 4.78 is 10.6. The summed E-state index contributed by atoms with van der Waals surface area (Å²) in [6, 6.07) is 6.37. The molecule has 0 radical (unpaired) electrons. The van der Waals surface area contributed by atoms with Gasteiger partial charge < -0.3 is 19.7 Å². The van der Waals surface area contributed by atoms with Gasteiger partial charge in [-0.3, -0.25) is 4.79 Å². The van der Waals surface area contributed by atoms with Crippen molar-refractivity contribution in [2.75, 3.05) is 27.8 Å². The fraction of sp³-hybridized carbons (Fsp3) is 0.588. The molecule has 2 atom stereocenters. The second-order valence-corrected chi connectivity index (χ2v) is 6.04. The molecular weight excluding hydrogens is 280 g/mol. The Bertz CT molecular complexity index is 515. The van der Waals surface area contributed by atoms with Crippen LogP contribution in [0.3, 0.4) is 0 Å². The van der Waals surface area contributed by atoms with Crippen LogP contribution in [0.4, 0.5) is 0 Å². The van der Waals surface area contributed by atoms with Crippen molar-refractivity contribution in [3.05, 3.63) is 23.8 Å². The van der Waals surface area contributed by atoms with Crippen molar-refractivity contribution in [3.63, 3.8) is 0 Å². The van der Waals surface area contributed by atoms with Crippen LogP contribution in [0.5, 0.6) is 11.5 Å². The molecule has 2 rings (SSSR count). The van der Waals surface area contributed by atoms with Crippen LogP contribution in [0.15, 0.2) is 18.2 Å². The highest BCUT2D eigenvalue weighted by molar-refractivity contribution is 5.80. The van der Waals surface area contributed by atoms with Gasteiger partial charge in [-0.05, 0) is 37.5 Å². The molecule has 0 aromatic heterocycles. The van der Waals surface area contributed by atoms with E-state index in [2.05, 4.69) is 12.4 Å². The molecule has 1 saturated carbocycles. The number of nitrogens with one attached hydrogen (secondary N) is 2. The number of hydrogen-bond donors (Lipinski definition) is 2. The summed E-state index contributed by atoms with van der Waals surface area (Å²) in [4.78, 5) is 13.3. The maximum Gasteiger partial charge on any atom is 0.278 e. The SMILES string of the molecule is COc1ccc(CC[NH+](C)[C@H](C)C(=O)NC2CC2)cc1OC. The van der Waals surface area contributed by atoms with Gasteiger partial charge in [0.05, 0.1) is 27.8 Å². The van der Waals surface area contributed by atoms with E-state index in [0.717, 1.165) is 37.3 Å². The minimum atomic E-state index is -0.0271. The van der Waals surface area contributed by atoms with E-state index in [4.69, 9.17) is 9.47 Å². The monoisotopic (exact) mass is 307 g/mol. The zero-order valence-corrected chi connectivity index (χ0v) is 13.9. The Hall–Kier alpha value is -1.75. The van der Waals surface area contributed by atoms with Crippen LogP contribution < -0.4 is 19.7 Å². The highest BCUT2D eigenvalue weighted by Gasteiger charge is 2.28. The molecule has 22 heavy (non-hydrogen) atoms. The lowest BCUT2D eigenvalue weighted by Gasteiger charge is -2.21. The number of quaternary nitrogens is 1. The van der Waals surface area contributed by atoms with E-state index in [-0.39, 0.29) is 11.9 Å². The largest absolute Gasteiger partial charge is 0.493 e. The lowest BCUT2D eigenvalue weighted by Crippen LogP contribution is -3.14. The Balaban J connectivity index is 1.86. The third-order valence-electron chi connectivity index (χ3n) is 4.31. The standard InChI is InChI=1S/C17H26N2O3/c1-12(17(20)18-14-6-7-14)19(2)10-9-13-5-8-15(21-3)16(11-13)22-4/h5,8,11-12,14H,6-7,9-10H2,1-4H3,(H,18,20)/p+1/t12-/m1/s1. The lowest BCUT2D eigenvalue weighted by molar-refractivity contribution is -0.894. The second-order valence-electron chi connectivity index (χ2n) is 6.04. The first-order valence-corrected chi connectivity index (χ1v) is 7.88. The fourth-order valence-corrected chi connectivity index (χ4v) is 2.37. The highest BCUT2D eigenvalue weighted by atomic mass is 16.5. The minimum absolute atomic E-state index is 0.0271. The molecule has 0 heterocycles. The zero-order valence-electron chi connectivity index (χ0n) is 13.9. The quantitative estimate of drug-likeness (QED) is 0.732. The molecule has 1 aliphatic carbocycles. The molecule has 1 aliphatic rings. The van der Waals surface area contributed by atoms with Crippen LogP contribution in [0.2, 0.25) is 0 Å². The van der Waals surface area contributed by atoms with E-state index in [1.807, 2.05) is 25.1 Å². The van der Waals surface area contributed by atoms with Crippen molar-refractivity contribution < 1.29 is 19.2 Å². The molecule has 0 saturated heterocycles. The summed E-state index contributed by atoms with van der Waals surface area (Å²) in [7, 11) is 5.34. The van der Waals surface area contributed by atoms with E-state index in [9.17, 15) is 4.79 Å².